The highest BCUT2D eigenvalue weighted by molar-refractivity contribution is 5.78. The number of carbonyl (C=O) groups is 1. The van der Waals surface area contributed by atoms with E-state index in [1.807, 2.05) is 13.8 Å². The minimum Gasteiger partial charge on any atom is -0.480 e. The van der Waals surface area contributed by atoms with Crippen LogP contribution in [0.4, 0.5) is 0 Å². The molecular weight excluding hydrogens is 222 g/mol. The van der Waals surface area contributed by atoms with Crippen LogP contribution < -0.4 is 5.32 Å². The molecule has 1 rings (SSSR count). The van der Waals surface area contributed by atoms with Gasteiger partial charge >= 0.3 is 5.97 Å². The molecule has 5 heteroatoms. The van der Waals surface area contributed by atoms with Crippen molar-refractivity contribution in [2.45, 2.75) is 51.3 Å². The number of nitrogens with one attached hydrogen (secondary N) is 1. The maximum Gasteiger partial charge on any atom is 0.326 e. The molecule has 0 aromatic heterocycles. The first kappa shape index (κ1) is 14.4. The number of carboxylic acid groups (broad SMARTS) is 1. The quantitative estimate of drug-likeness (QED) is 0.731. The van der Waals surface area contributed by atoms with Crippen LogP contribution >= 0.6 is 0 Å². The number of hydrogen-bond acceptors (Lipinski definition) is 4. The van der Waals surface area contributed by atoms with Crippen LogP contribution in [0.2, 0.25) is 0 Å². The monoisotopic (exact) mass is 245 g/mol. The molecule has 1 fully saturated rings. The number of hydrogen-bond donors (Lipinski definition) is 2. The Morgan fingerprint density at radius 1 is 1.53 bits per heavy atom. The summed E-state index contributed by atoms with van der Waals surface area (Å²) in [4.78, 5) is 11.3. The van der Waals surface area contributed by atoms with Gasteiger partial charge in [0.15, 0.2) is 0 Å². The highest BCUT2D eigenvalue weighted by Gasteiger charge is 2.35. The Labute approximate surface area is 102 Å². The Morgan fingerprint density at radius 2 is 2.12 bits per heavy atom. The lowest BCUT2D eigenvalue weighted by Gasteiger charge is -2.31. The molecule has 0 aromatic carbocycles. The molecule has 0 amide bonds. The van der Waals surface area contributed by atoms with E-state index in [4.69, 9.17) is 9.47 Å². The third kappa shape index (κ3) is 4.61. The normalized spacial score (nSPS) is 21.4. The molecule has 100 valence electrons. The van der Waals surface area contributed by atoms with E-state index in [2.05, 4.69) is 5.32 Å². The minimum atomic E-state index is -1.02. The van der Waals surface area contributed by atoms with Gasteiger partial charge in [-0.25, -0.2) is 0 Å². The van der Waals surface area contributed by atoms with Crippen molar-refractivity contribution >= 4 is 5.97 Å². The molecule has 1 aliphatic rings. The van der Waals surface area contributed by atoms with Crippen LogP contribution in [-0.4, -0.2) is 48.6 Å². The summed E-state index contributed by atoms with van der Waals surface area (Å²) >= 11 is 0. The highest BCUT2D eigenvalue weighted by Crippen LogP contribution is 2.14. The Kier molecular flexibility index (Phi) is 5.36. The standard InChI is InChI=1S/C12H23NO4/c1-9(2)13-12(3,11(14)15)8-17-10-4-6-16-7-5-10/h9-10,13H,4-8H2,1-3H3,(H,14,15). The van der Waals surface area contributed by atoms with Crippen molar-refractivity contribution in [3.63, 3.8) is 0 Å². The van der Waals surface area contributed by atoms with Gasteiger partial charge in [-0.1, -0.05) is 0 Å². The van der Waals surface area contributed by atoms with Crippen molar-refractivity contribution in [1.29, 1.82) is 0 Å². The summed E-state index contributed by atoms with van der Waals surface area (Å²) in [5, 5.41) is 12.3. The predicted molar refractivity (Wildman–Crippen MR) is 64.1 cm³/mol. The fourth-order valence-electron chi connectivity index (χ4n) is 1.93. The molecule has 0 spiro atoms. The van der Waals surface area contributed by atoms with Crippen molar-refractivity contribution in [3.8, 4) is 0 Å². The predicted octanol–water partition coefficient (Wildman–Crippen LogP) is 1.02. The van der Waals surface area contributed by atoms with Crippen LogP contribution in [0.25, 0.3) is 0 Å². The van der Waals surface area contributed by atoms with Crippen LogP contribution in [0, 0.1) is 0 Å². The van der Waals surface area contributed by atoms with Gasteiger partial charge in [0.1, 0.15) is 5.54 Å². The van der Waals surface area contributed by atoms with E-state index >= 15 is 0 Å². The molecule has 5 nitrogen and oxygen atoms in total. The Hall–Kier alpha value is -0.650. The lowest BCUT2D eigenvalue weighted by molar-refractivity contribution is -0.149. The lowest BCUT2D eigenvalue weighted by Crippen LogP contribution is -2.56. The van der Waals surface area contributed by atoms with Gasteiger partial charge < -0.3 is 14.6 Å². The van der Waals surface area contributed by atoms with Gasteiger partial charge in [-0.05, 0) is 33.6 Å². The average molecular weight is 245 g/mol. The van der Waals surface area contributed by atoms with E-state index in [-0.39, 0.29) is 18.8 Å². The fourth-order valence-corrected chi connectivity index (χ4v) is 1.93. The molecule has 2 N–H and O–H groups in total. The molecule has 1 atom stereocenters. The molecule has 0 saturated carbocycles. The molecule has 0 bridgehead atoms. The summed E-state index contributed by atoms with van der Waals surface area (Å²) in [7, 11) is 0. The third-order valence-electron chi connectivity index (χ3n) is 2.86. The Bertz CT molecular complexity index is 251. The van der Waals surface area contributed by atoms with Gasteiger partial charge in [0.25, 0.3) is 0 Å². The summed E-state index contributed by atoms with van der Waals surface area (Å²) in [5.74, 6) is -0.877. The van der Waals surface area contributed by atoms with Gasteiger partial charge in [-0.3, -0.25) is 10.1 Å². The molecular formula is C12H23NO4. The zero-order valence-electron chi connectivity index (χ0n) is 10.9. The first-order chi connectivity index (χ1) is 7.94. The second-order valence-corrected chi connectivity index (χ2v) is 5.06. The van der Waals surface area contributed by atoms with E-state index in [9.17, 15) is 9.90 Å². The van der Waals surface area contributed by atoms with Crippen molar-refractivity contribution in [1.82, 2.24) is 5.32 Å². The van der Waals surface area contributed by atoms with Gasteiger partial charge in [-0.2, -0.15) is 0 Å². The molecule has 17 heavy (non-hydrogen) atoms. The van der Waals surface area contributed by atoms with Crippen LogP contribution in [0.5, 0.6) is 0 Å². The van der Waals surface area contributed by atoms with Crippen LogP contribution in [-0.2, 0) is 14.3 Å². The zero-order chi connectivity index (χ0) is 12.9. The van der Waals surface area contributed by atoms with E-state index in [1.54, 1.807) is 6.92 Å². The second kappa shape index (κ2) is 6.33. The molecule has 0 aliphatic carbocycles. The summed E-state index contributed by atoms with van der Waals surface area (Å²) < 4.78 is 10.9. The van der Waals surface area contributed by atoms with Gasteiger partial charge in [0.05, 0.1) is 12.7 Å². The lowest BCUT2D eigenvalue weighted by atomic mass is 10.0. The van der Waals surface area contributed by atoms with E-state index < -0.39 is 11.5 Å². The zero-order valence-corrected chi connectivity index (χ0v) is 10.9. The molecule has 0 radical (unpaired) electrons. The molecule has 1 heterocycles. The number of aliphatic carboxylic acids is 1. The summed E-state index contributed by atoms with van der Waals surface area (Å²) in [6.07, 6.45) is 1.81. The first-order valence-corrected chi connectivity index (χ1v) is 6.14. The molecule has 1 unspecified atom stereocenters. The SMILES string of the molecule is CC(C)NC(C)(COC1CCOCC1)C(=O)O. The Morgan fingerprint density at radius 3 is 2.59 bits per heavy atom. The first-order valence-electron chi connectivity index (χ1n) is 6.14. The molecule has 1 aliphatic heterocycles. The molecule has 0 aromatic rings. The highest BCUT2D eigenvalue weighted by atomic mass is 16.5. The summed E-state index contributed by atoms with van der Waals surface area (Å²) in [6.45, 7) is 7.10. The van der Waals surface area contributed by atoms with Gasteiger partial charge in [-0.15, -0.1) is 0 Å². The van der Waals surface area contributed by atoms with Crippen LogP contribution in [0.15, 0.2) is 0 Å². The Balaban J connectivity index is 2.45. The number of ether oxygens (including phenoxy) is 2. The van der Waals surface area contributed by atoms with E-state index in [0.29, 0.717) is 13.2 Å². The minimum absolute atomic E-state index is 0.106. The second-order valence-electron chi connectivity index (χ2n) is 5.06. The van der Waals surface area contributed by atoms with E-state index in [1.165, 1.54) is 0 Å². The summed E-state index contributed by atoms with van der Waals surface area (Å²) in [6, 6.07) is 0.106. The number of carboxylic acids is 1. The largest absolute Gasteiger partial charge is 0.480 e. The van der Waals surface area contributed by atoms with Crippen molar-refractivity contribution < 1.29 is 19.4 Å². The third-order valence-corrected chi connectivity index (χ3v) is 2.86. The fraction of sp³-hybridized carbons (Fsp3) is 0.917. The van der Waals surface area contributed by atoms with Crippen molar-refractivity contribution in [2.24, 2.45) is 0 Å². The maximum absolute atomic E-state index is 11.3. The smallest absolute Gasteiger partial charge is 0.326 e. The number of rotatable bonds is 6. The molecule has 1 saturated heterocycles. The topological polar surface area (TPSA) is 67.8 Å². The van der Waals surface area contributed by atoms with Crippen LogP contribution in [0.1, 0.15) is 33.6 Å². The summed E-state index contributed by atoms with van der Waals surface area (Å²) in [5.41, 5.74) is -1.02. The van der Waals surface area contributed by atoms with Crippen molar-refractivity contribution in [3.05, 3.63) is 0 Å². The average Bonchev–Trinajstić information content (AvgIpc) is 2.27. The maximum atomic E-state index is 11.3. The van der Waals surface area contributed by atoms with Gasteiger partial charge in [0.2, 0.25) is 0 Å². The van der Waals surface area contributed by atoms with Crippen LogP contribution in [0.3, 0.4) is 0 Å². The van der Waals surface area contributed by atoms with Gasteiger partial charge in [0, 0.05) is 19.3 Å². The van der Waals surface area contributed by atoms with E-state index in [0.717, 1.165) is 12.8 Å². The van der Waals surface area contributed by atoms with Crippen molar-refractivity contribution in [2.75, 3.05) is 19.8 Å².